The third-order valence-electron chi connectivity index (χ3n) is 3.40. The number of rotatable bonds is 9. The summed E-state index contributed by atoms with van der Waals surface area (Å²) in [5.41, 5.74) is 6.59. The highest BCUT2D eigenvalue weighted by atomic mass is 16.5. The van der Waals surface area contributed by atoms with Crippen LogP contribution in [0.15, 0.2) is 24.3 Å². The first-order valence-corrected chi connectivity index (χ1v) is 7.56. The minimum absolute atomic E-state index is 0.129. The first-order chi connectivity index (χ1) is 10.0. The predicted molar refractivity (Wildman–Crippen MR) is 86.2 cm³/mol. The molecule has 0 amide bonds. The zero-order valence-electron chi connectivity index (χ0n) is 13.4. The van der Waals surface area contributed by atoms with Crippen LogP contribution < -0.4 is 10.5 Å². The average molecular weight is 289 g/mol. The Balaban J connectivity index is 2.44. The maximum Gasteiger partial charge on any atom is 0.119 e. The molecule has 0 atom stereocenters. The molecule has 0 saturated heterocycles. The van der Waals surface area contributed by atoms with Crippen molar-refractivity contribution in [3.8, 4) is 11.8 Å². The SMILES string of the molecule is CCCN(CCOc1ccc(C#N)cc1)CC(C)(C)CN. The Morgan fingerprint density at radius 1 is 1.24 bits per heavy atom. The van der Waals surface area contributed by atoms with E-state index in [0.717, 1.165) is 31.8 Å². The molecule has 4 heteroatoms. The fourth-order valence-electron chi connectivity index (χ4n) is 2.17. The third-order valence-corrected chi connectivity index (χ3v) is 3.40. The summed E-state index contributed by atoms with van der Waals surface area (Å²) in [7, 11) is 0. The van der Waals surface area contributed by atoms with Crippen molar-refractivity contribution in [2.75, 3.05) is 32.8 Å². The van der Waals surface area contributed by atoms with Gasteiger partial charge in [-0.05, 0) is 49.2 Å². The highest BCUT2D eigenvalue weighted by Gasteiger charge is 2.19. The minimum atomic E-state index is 0.129. The van der Waals surface area contributed by atoms with Gasteiger partial charge in [-0.2, -0.15) is 5.26 Å². The highest BCUT2D eigenvalue weighted by molar-refractivity contribution is 5.34. The van der Waals surface area contributed by atoms with Crippen molar-refractivity contribution in [3.05, 3.63) is 29.8 Å². The summed E-state index contributed by atoms with van der Waals surface area (Å²) in [5.74, 6) is 0.809. The molecule has 0 aliphatic carbocycles. The van der Waals surface area contributed by atoms with Gasteiger partial charge in [0.1, 0.15) is 12.4 Å². The maximum absolute atomic E-state index is 8.76. The highest BCUT2D eigenvalue weighted by Crippen LogP contribution is 2.15. The molecule has 1 rings (SSSR count). The quantitative estimate of drug-likeness (QED) is 0.759. The van der Waals surface area contributed by atoms with Crippen molar-refractivity contribution in [2.24, 2.45) is 11.1 Å². The van der Waals surface area contributed by atoms with Crippen LogP contribution in [0.5, 0.6) is 5.75 Å². The summed E-state index contributed by atoms with van der Waals surface area (Å²) < 4.78 is 5.75. The molecule has 0 fully saturated rings. The van der Waals surface area contributed by atoms with Gasteiger partial charge < -0.3 is 10.5 Å². The van der Waals surface area contributed by atoms with Gasteiger partial charge in [-0.1, -0.05) is 20.8 Å². The molecule has 116 valence electrons. The van der Waals surface area contributed by atoms with Crippen LogP contribution in [-0.4, -0.2) is 37.7 Å². The second kappa shape index (κ2) is 8.66. The van der Waals surface area contributed by atoms with E-state index in [1.165, 1.54) is 0 Å². The first-order valence-electron chi connectivity index (χ1n) is 7.56. The van der Waals surface area contributed by atoms with Gasteiger partial charge >= 0.3 is 0 Å². The lowest BCUT2D eigenvalue weighted by Crippen LogP contribution is -2.40. The fraction of sp³-hybridized carbons (Fsp3) is 0.588. The average Bonchev–Trinajstić information content (AvgIpc) is 2.48. The Hall–Kier alpha value is -1.57. The molecule has 0 radical (unpaired) electrons. The molecule has 0 aromatic heterocycles. The van der Waals surface area contributed by atoms with Crippen molar-refractivity contribution < 1.29 is 4.74 Å². The van der Waals surface area contributed by atoms with E-state index in [1.54, 1.807) is 12.1 Å². The molecule has 0 unspecified atom stereocenters. The topological polar surface area (TPSA) is 62.3 Å². The first kappa shape index (κ1) is 17.5. The van der Waals surface area contributed by atoms with E-state index in [9.17, 15) is 0 Å². The molecule has 1 aromatic rings. The molecule has 2 N–H and O–H groups in total. The lowest BCUT2D eigenvalue weighted by Gasteiger charge is -2.31. The Morgan fingerprint density at radius 3 is 2.43 bits per heavy atom. The van der Waals surface area contributed by atoms with Crippen molar-refractivity contribution in [2.45, 2.75) is 27.2 Å². The van der Waals surface area contributed by atoms with Crippen molar-refractivity contribution in [3.63, 3.8) is 0 Å². The van der Waals surface area contributed by atoms with Gasteiger partial charge in [0.05, 0.1) is 11.6 Å². The van der Waals surface area contributed by atoms with E-state index in [4.69, 9.17) is 15.7 Å². The van der Waals surface area contributed by atoms with E-state index >= 15 is 0 Å². The van der Waals surface area contributed by atoms with Gasteiger partial charge in [-0.3, -0.25) is 4.90 Å². The number of nitrogens with zero attached hydrogens (tertiary/aromatic N) is 2. The van der Waals surface area contributed by atoms with Crippen molar-refractivity contribution in [1.82, 2.24) is 4.90 Å². The third kappa shape index (κ3) is 6.61. The van der Waals surface area contributed by atoms with E-state index < -0.39 is 0 Å². The number of benzene rings is 1. The van der Waals surface area contributed by atoms with Crippen LogP contribution in [0, 0.1) is 16.7 Å². The standard InChI is InChI=1S/C17H27N3O/c1-4-9-20(14-17(2,3)13-19)10-11-21-16-7-5-15(12-18)6-8-16/h5-8H,4,9-11,13-14,19H2,1-3H3. The molecule has 0 aliphatic heterocycles. The minimum Gasteiger partial charge on any atom is -0.492 e. The Labute approximate surface area is 128 Å². The second-order valence-electron chi connectivity index (χ2n) is 6.13. The zero-order chi connectivity index (χ0) is 15.7. The summed E-state index contributed by atoms with van der Waals surface area (Å²) in [5, 5.41) is 8.76. The van der Waals surface area contributed by atoms with Crippen LogP contribution in [0.4, 0.5) is 0 Å². The fourth-order valence-corrected chi connectivity index (χ4v) is 2.17. The molecule has 0 aliphatic rings. The lowest BCUT2D eigenvalue weighted by molar-refractivity contribution is 0.154. The van der Waals surface area contributed by atoms with E-state index in [1.807, 2.05) is 12.1 Å². The van der Waals surface area contributed by atoms with E-state index in [0.29, 0.717) is 18.7 Å². The number of hydrogen-bond donors (Lipinski definition) is 1. The summed E-state index contributed by atoms with van der Waals surface area (Å²) in [4.78, 5) is 2.40. The van der Waals surface area contributed by atoms with Crippen molar-refractivity contribution >= 4 is 0 Å². The normalized spacial score (nSPS) is 11.4. The van der Waals surface area contributed by atoms with Gasteiger partial charge in [0, 0.05) is 13.1 Å². The zero-order valence-corrected chi connectivity index (χ0v) is 13.4. The molecule has 1 aromatic carbocycles. The number of ether oxygens (including phenoxy) is 1. The van der Waals surface area contributed by atoms with Crippen LogP contribution >= 0.6 is 0 Å². The second-order valence-corrected chi connectivity index (χ2v) is 6.13. The molecule has 0 heterocycles. The van der Waals surface area contributed by atoms with Gasteiger partial charge in [0.15, 0.2) is 0 Å². The summed E-state index contributed by atoms with van der Waals surface area (Å²) in [6, 6.07) is 9.33. The van der Waals surface area contributed by atoms with Gasteiger partial charge in [-0.15, -0.1) is 0 Å². The largest absolute Gasteiger partial charge is 0.492 e. The van der Waals surface area contributed by atoms with Crippen LogP contribution in [0.1, 0.15) is 32.8 Å². The van der Waals surface area contributed by atoms with Gasteiger partial charge in [-0.25, -0.2) is 0 Å². The Kier molecular flexibility index (Phi) is 7.21. The molecule has 0 saturated carbocycles. The van der Waals surface area contributed by atoms with E-state index in [2.05, 4.69) is 31.7 Å². The molecule has 21 heavy (non-hydrogen) atoms. The monoisotopic (exact) mass is 289 g/mol. The molecule has 0 spiro atoms. The summed E-state index contributed by atoms with van der Waals surface area (Å²) in [6.45, 7) is 10.8. The summed E-state index contributed by atoms with van der Waals surface area (Å²) >= 11 is 0. The maximum atomic E-state index is 8.76. The number of hydrogen-bond acceptors (Lipinski definition) is 4. The van der Waals surface area contributed by atoms with Gasteiger partial charge in [0.25, 0.3) is 0 Å². The predicted octanol–water partition coefficient (Wildman–Crippen LogP) is 2.63. The summed E-state index contributed by atoms with van der Waals surface area (Å²) in [6.07, 6.45) is 1.12. The van der Waals surface area contributed by atoms with Crippen LogP contribution in [-0.2, 0) is 0 Å². The van der Waals surface area contributed by atoms with Crippen LogP contribution in [0.2, 0.25) is 0 Å². The lowest BCUT2D eigenvalue weighted by atomic mass is 9.93. The van der Waals surface area contributed by atoms with Gasteiger partial charge in [0.2, 0.25) is 0 Å². The Morgan fingerprint density at radius 2 is 1.90 bits per heavy atom. The molecule has 4 nitrogen and oxygen atoms in total. The number of nitriles is 1. The van der Waals surface area contributed by atoms with E-state index in [-0.39, 0.29) is 5.41 Å². The molecular weight excluding hydrogens is 262 g/mol. The molecule has 0 bridgehead atoms. The van der Waals surface area contributed by atoms with Crippen LogP contribution in [0.3, 0.4) is 0 Å². The van der Waals surface area contributed by atoms with Crippen molar-refractivity contribution in [1.29, 1.82) is 5.26 Å². The smallest absolute Gasteiger partial charge is 0.119 e. The number of nitrogens with two attached hydrogens (primary N) is 1. The van der Waals surface area contributed by atoms with Crippen LogP contribution in [0.25, 0.3) is 0 Å². The molecular formula is C17H27N3O. The Bertz CT molecular complexity index is 448.